The number of anilines is 2. The first-order valence-corrected chi connectivity index (χ1v) is 18.7. The minimum absolute atomic E-state index is 0.219. The number of H-pyrrole nitrogens is 1. The van der Waals surface area contributed by atoms with Gasteiger partial charge in [0.15, 0.2) is 6.61 Å². The Morgan fingerprint density at radius 2 is 1.74 bits per heavy atom. The smallest absolute Gasteiger partial charge is 0.418 e. The van der Waals surface area contributed by atoms with E-state index in [-0.39, 0.29) is 39.5 Å². The molecule has 2 saturated carbocycles. The molecule has 8 rings (SSSR count). The molecule has 1 saturated heterocycles. The van der Waals surface area contributed by atoms with Crippen LogP contribution in [0.1, 0.15) is 28.3 Å². The number of ether oxygens (including phenoxy) is 1. The molecule has 3 heterocycles. The molecule has 3 aromatic carbocycles. The van der Waals surface area contributed by atoms with E-state index in [2.05, 4.69) is 26.2 Å². The quantitative estimate of drug-likeness (QED) is 0.190. The largest absolute Gasteiger partial charge is 0.483 e. The third kappa shape index (κ3) is 5.49. The molecule has 4 aliphatic rings. The zero-order chi connectivity index (χ0) is 35.2. The number of alkyl halides is 3. The highest BCUT2D eigenvalue weighted by Gasteiger charge is 2.70. The molecule has 0 radical (unpaired) electrons. The molecule has 8 nitrogen and oxygen atoms in total. The first kappa shape index (κ1) is 33.8. The number of para-hydroxylation sites is 1. The number of benzene rings is 3. The molecule has 2 aliphatic carbocycles. The number of hydrogen-bond acceptors (Lipinski definition) is 7. The van der Waals surface area contributed by atoms with E-state index in [9.17, 15) is 32.3 Å². The lowest BCUT2D eigenvalue weighted by Crippen LogP contribution is -2.42. The van der Waals surface area contributed by atoms with Crippen LogP contribution < -0.4 is 19.8 Å². The molecule has 258 valence electrons. The highest BCUT2D eigenvalue weighted by atomic mass is 79.9. The van der Waals surface area contributed by atoms with Gasteiger partial charge in [0.05, 0.1) is 38.2 Å². The Balaban J connectivity index is 1.14. The Bertz CT molecular complexity index is 2160. The second kappa shape index (κ2) is 12.4. The molecule has 50 heavy (non-hydrogen) atoms. The van der Waals surface area contributed by atoms with Crippen molar-refractivity contribution < 1.29 is 32.3 Å². The van der Waals surface area contributed by atoms with E-state index in [0.29, 0.717) is 37.9 Å². The number of thiazole rings is 1. The molecule has 3 amide bonds. The Kier molecular flexibility index (Phi) is 8.41. The molecular weight excluding hydrogens is 802 g/mol. The Morgan fingerprint density at radius 1 is 1.00 bits per heavy atom. The van der Waals surface area contributed by atoms with Crippen molar-refractivity contribution in [3.05, 3.63) is 101 Å². The number of halogens is 6. The van der Waals surface area contributed by atoms with Crippen LogP contribution in [0, 0.1) is 29.6 Å². The summed E-state index contributed by atoms with van der Waals surface area (Å²) in [6, 6.07) is 14.7. The molecule has 4 aromatic rings. The van der Waals surface area contributed by atoms with Gasteiger partial charge >= 0.3 is 11.0 Å². The summed E-state index contributed by atoms with van der Waals surface area (Å²) in [6.07, 6.45) is -4.23. The van der Waals surface area contributed by atoms with Gasteiger partial charge in [-0.05, 0) is 72.7 Å². The van der Waals surface area contributed by atoms with Crippen LogP contribution in [-0.4, -0.2) is 34.6 Å². The molecule has 7 atom stereocenters. The maximum absolute atomic E-state index is 14.1. The summed E-state index contributed by atoms with van der Waals surface area (Å²) in [4.78, 5) is 57.9. The van der Waals surface area contributed by atoms with Crippen LogP contribution in [0.25, 0.3) is 0 Å². The van der Waals surface area contributed by atoms with Gasteiger partial charge in [-0.15, -0.1) is 11.8 Å². The van der Waals surface area contributed by atoms with Crippen molar-refractivity contribution >= 4 is 91.3 Å². The first-order chi connectivity index (χ1) is 23.8. The van der Waals surface area contributed by atoms with Crippen LogP contribution in [0.4, 0.5) is 24.5 Å². The maximum atomic E-state index is 14.1. The van der Waals surface area contributed by atoms with Crippen molar-refractivity contribution in [2.45, 2.75) is 28.8 Å². The van der Waals surface area contributed by atoms with Gasteiger partial charge in [0, 0.05) is 31.8 Å². The average Bonchev–Trinajstić information content (AvgIpc) is 3.80. The topological polar surface area (TPSA) is 109 Å². The number of carbonyl (C=O) groups is 3. The number of carbonyl (C=O) groups excluding carboxylic acids is 3. The summed E-state index contributed by atoms with van der Waals surface area (Å²) in [5.41, 5.74) is -0.399. The minimum Gasteiger partial charge on any atom is -0.483 e. The number of aromatic amines is 1. The standard InChI is InChI=1S/C34H23BrCl2F3N3O5S2/c35-13-5-8-22(48-12-23(44)41-14-6-7-19(36)20(37)10-14)15(9-13)24-25-16-11-17(28(25)49-30-29(24)50-33(47)42-30)27-26(16)31(45)43(32(27)46)21-4-2-1-3-18(21)34(38,39)40/h1-10,16-17,24-28H,11-12H2,(H,41,44)(H,42,47)/t16-,17-,24+,25-,26+,27+,28-/m1/s1. The number of thioether (sulfide) groups is 1. The highest BCUT2D eigenvalue weighted by Crippen LogP contribution is 2.69. The van der Waals surface area contributed by atoms with E-state index in [0.717, 1.165) is 33.2 Å². The van der Waals surface area contributed by atoms with E-state index in [4.69, 9.17) is 27.9 Å². The lowest BCUT2D eigenvalue weighted by atomic mass is 9.68. The average molecular weight is 826 g/mol. The third-order valence-corrected chi connectivity index (χ3v) is 13.9. The van der Waals surface area contributed by atoms with Crippen molar-refractivity contribution in [3.8, 4) is 5.75 Å². The van der Waals surface area contributed by atoms with Gasteiger partial charge in [-0.25, -0.2) is 4.90 Å². The molecule has 16 heteroatoms. The Hall–Kier alpha value is -3.30. The Labute approximate surface area is 308 Å². The van der Waals surface area contributed by atoms with Crippen molar-refractivity contribution in [1.29, 1.82) is 0 Å². The predicted octanol–water partition coefficient (Wildman–Crippen LogP) is 8.22. The summed E-state index contributed by atoms with van der Waals surface area (Å²) in [6.45, 7) is -0.363. The zero-order valence-electron chi connectivity index (χ0n) is 25.3. The van der Waals surface area contributed by atoms with Crippen molar-refractivity contribution in [2.75, 3.05) is 16.8 Å². The molecule has 0 spiro atoms. The number of nitrogens with zero attached hydrogens (tertiary/aromatic N) is 1. The van der Waals surface area contributed by atoms with Gasteiger partial charge in [-0.1, -0.05) is 62.6 Å². The summed E-state index contributed by atoms with van der Waals surface area (Å²) < 4.78 is 48.9. The fourth-order valence-electron chi connectivity index (χ4n) is 8.32. The second-order valence-corrected chi connectivity index (χ2v) is 16.6. The minimum atomic E-state index is -4.77. The number of rotatable bonds is 6. The van der Waals surface area contributed by atoms with Crippen molar-refractivity contribution in [1.82, 2.24) is 4.98 Å². The van der Waals surface area contributed by atoms with Gasteiger partial charge < -0.3 is 15.0 Å². The highest BCUT2D eigenvalue weighted by molar-refractivity contribution is 9.10. The molecule has 3 fully saturated rings. The molecule has 2 bridgehead atoms. The summed E-state index contributed by atoms with van der Waals surface area (Å²) in [7, 11) is 0. The van der Waals surface area contributed by atoms with Crippen LogP contribution in [0.5, 0.6) is 5.75 Å². The van der Waals surface area contributed by atoms with Gasteiger partial charge in [-0.3, -0.25) is 19.2 Å². The number of nitrogens with one attached hydrogen (secondary N) is 2. The van der Waals surface area contributed by atoms with Crippen LogP contribution in [-0.2, 0) is 20.6 Å². The van der Waals surface area contributed by atoms with E-state index in [1.54, 1.807) is 24.3 Å². The van der Waals surface area contributed by atoms with Crippen molar-refractivity contribution in [2.24, 2.45) is 29.6 Å². The van der Waals surface area contributed by atoms with Gasteiger partial charge in [-0.2, -0.15) is 13.2 Å². The molecule has 2 aliphatic heterocycles. The van der Waals surface area contributed by atoms with Crippen molar-refractivity contribution in [3.63, 3.8) is 0 Å². The molecule has 0 unspecified atom stereocenters. The SMILES string of the molecule is O=C(COc1ccc(Br)cc1[C@@H]1c2sc(=O)[nH]c2S[C@@H]2[C@@H]3C[C@@H]([C@@H]4C(=O)N(c5ccccc5C(F)(F)F)C(=O)[C@@H]34)[C@H]12)Nc1ccc(Cl)c(Cl)c1. The fourth-order valence-corrected chi connectivity index (χ4v) is 11.9. The summed E-state index contributed by atoms with van der Waals surface area (Å²) >= 11 is 18.1. The normalized spacial score (nSPS) is 26.5. The van der Waals surface area contributed by atoms with E-state index >= 15 is 0 Å². The number of fused-ring (bicyclic) bond motifs is 9. The Morgan fingerprint density at radius 3 is 2.48 bits per heavy atom. The fraction of sp³-hybridized carbons (Fsp3) is 0.294. The lowest BCUT2D eigenvalue weighted by Gasteiger charge is -2.43. The zero-order valence-corrected chi connectivity index (χ0v) is 30.0. The number of amides is 3. The first-order valence-electron chi connectivity index (χ1n) is 15.4. The summed E-state index contributed by atoms with van der Waals surface area (Å²) in [5, 5.41) is 3.77. The molecule has 1 aromatic heterocycles. The lowest BCUT2D eigenvalue weighted by molar-refractivity contribution is -0.137. The van der Waals surface area contributed by atoms with Crippen LogP contribution in [0.15, 0.2) is 75.0 Å². The number of aromatic nitrogens is 1. The van der Waals surface area contributed by atoms with E-state index in [1.807, 2.05) is 6.07 Å². The molecular formula is C34H23BrCl2F3N3O5S2. The van der Waals surface area contributed by atoms with Crippen LogP contribution in [0.3, 0.4) is 0 Å². The van der Waals surface area contributed by atoms with Gasteiger partial charge in [0.2, 0.25) is 11.8 Å². The van der Waals surface area contributed by atoms with E-state index < -0.39 is 52.9 Å². The van der Waals surface area contributed by atoms with E-state index in [1.165, 1.54) is 30.0 Å². The summed E-state index contributed by atoms with van der Waals surface area (Å²) in [5.74, 6) is -4.33. The number of hydrogen-bond donors (Lipinski definition) is 2. The van der Waals surface area contributed by atoms with Gasteiger partial charge in [0.25, 0.3) is 5.91 Å². The van der Waals surface area contributed by atoms with Gasteiger partial charge in [0.1, 0.15) is 5.75 Å². The maximum Gasteiger partial charge on any atom is 0.418 e. The second-order valence-electron chi connectivity index (χ2n) is 12.6. The third-order valence-electron chi connectivity index (χ3n) is 10.0. The van der Waals surface area contributed by atoms with Crippen LogP contribution in [0.2, 0.25) is 10.0 Å². The number of imide groups is 1. The molecule has 2 N–H and O–H groups in total. The van der Waals surface area contributed by atoms with Crippen LogP contribution >= 0.6 is 62.2 Å². The predicted molar refractivity (Wildman–Crippen MR) is 187 cm³/mol. The monoisotopic (exact) mass is 823 g/mol.